The molecule has 5 heteroatoms. The first kappa shape index (κ1) is 11.7. The van der Waals surface area contributed by atoms with Crippen molar-refractivity contribution >= 4 is 15.7 Å². The molecule has 0 heterocycles. The first-order valence-electron chi connectivity index (χ1n) is 4.48. The lowest BCUT2D eigenvalue weighted by atomic mass is 10.2. The third-order valence-electron chi connectivity index (χ3n) is 2.15. The summed E-state index contributed by atoms with van der Waals surface area (Å²) in [6, 6.07) is 8.70. The van der Waals surface area contributed by atoms with E-state index in [4.69, 9.17) is 5.73 Å². The van der Waals surface area contributed by atoms with Gasteiger partial charge in [0.15, 0.2) is 9.84 Å². The number of carbonyl (C=O) groups is 1. The van der Waals surface area contributed by atoms with Gasteiger partial charge in [-0.15, -0.1) is 0 Å². The van der Waals surface area contributed by atoms with Gasteiger partial charge in [0.25, 0.3) is 0 Å². The molecule has 4 nitrogen and oxygen atoms in total. The lowest BCUT2D eigenvalue weighted by Gasteiger charge is -2.08. The fraction of sp³-hybridized carbons (Fsp3) is 0.300. The van der Waals surface area contributed by atoms with Crippen LogP contribution in [0.5, 0.6) is 0 Å². The average Bonchev–Trinajstić information content (AvgIpc) is 2.17. The Bertz CT molecular complexity index is 439. The number of nitrogens with two attached hydrogens (primary N) is 1. The molecule has 1 amide bonds. The summed E-state index contributed by atoms with van der Waals surface area (Å²) in [7, 11) is -3.49. The van der Waals surface area contributed by atoms with Crippen LogP contribution >= 0.6 is 0 Å². The van der Waals surface area contributed by atoms with Gasteiger partial charge < -0.3 is 5.73 Å². The van der Waals surface area contributed by atoms with Crippen molar-refractivity contribution in [3.63, 3.8) is 0 Å². The number of hydrogen-bond donors (Lipinski definition) is 1. The Morgan fingerprint density at radius 1 is 1.33 bits per heavy atom. The first-order chi connectivity index (χ1) is 6.93. The summed E-state index contributed by atoms with van der Waals surface area (Å²) in [5, 5.41) is -1.14. The summed E-state index contributed by atoms with van der Waals surface area (Å²) < 4.78 is 23.3. The fourth-order valence-electron chi connectivity index (χ4n) is 1.11. The number of primary amides is 1. The van der Waals surface area contributed by atoms with E-state index < -0.39 is 21.0 Å². The van der Waals surface area contributed by atoms with E-state index in [0.29, 0.717) is 5.56 Å². The maximum atomic E-state index is 11.6. The summed E-state index contributed by atoms with van der Waals surface area (Å²) >= 11 is 0. The van der Waals surface area contributed by atoms with E-state index in [2.05, 4.69) is 0 Å². The molecule has 0 radical (unpaired) electrons. The van der Waals surface area contributed by atoms with Crippen LogP contribution in [0.15, 0.2) is 30.3 Å². The van der Waals surface area contributed by atoms with Crippen LogP contribution in [0.2, 0.25) is 0 Å². The van der Waals surface area contributed by atoms with E-state index in [9.17, 15) is 13.2 Å². The first-order valence-corrected chi connectivity index (χ1v) is 6.20. The van der Waals surface area contributed by atoms with Crippen LogP contribution in [0.3, 0.4) is 0 Å². The third kappa shape index (κ3) is 3.06. The molecule has 0 aromatic heterocycles. The molecule has 1 aromatic carbocycles. The molecule has 1 atom stereocenters. The Morgan fingerprint density at radius 3 is 2.33 bits per heavy atom. The average molecular weight is 227 g/mol. The molecular formula is C10H13NO3S. The molecule has 0 fully saturated rings. The van der Waals surface area contributed by atoms with Gasteiger partial charge in [0.2, 0.25) is 5.91 Å². The highest BCUT2D eigenvalue weighted by molar-refractivity contribution is 7.92. The zero-order chi connectivity index (χ0) is 11.5. The Labute approximate surface area is 89.0 Å². The zero-order valence-electron chi connectivity index (χ0n) is 8.38. The molecule has 0 bridgehead atoms. The van der Waals surface area contributed by atoms with Crippen LogP contribution in [-0.4, -0.2) is 19.6 Å². The molecule has 15 heavy (non-hydrogen) atoms. The van der Waals surface area contributed by atoms with Gasteiger partial charge in [-0.1, -0.05) is 30.3 Å². The van der Waals surface area contributed by atoms with Crippen LogP contribution in [0.4, 0.5) is 0 Å². The molecule has 0 unspecified atom stereocenters. The van der Waals surface area contributed by atoms with Gasteiger partial charge in [-0.3, -0.25) is 4.79 Å². The highest BCUT2D eigenvalue weighted by Crippen LogP contribution is 2.10. The number of benzene rings is 1. The van der Waals surface area contributed by atoms with E-state index in [1.807, 2.05) is 0 Å². The summed E-state index contributed by atoms with van der Waals surface area (Å²) in [4.78, 5) is 10.8. The minimum atomic E-state index is -3.49. The minimum Gasteiger partial charge on any atom is -0.369 e. The van der Waals surface area contributed by atoms with Crippen LogP contribution < -0.4 is 5.73 Å². The largest absolute Gasteiger partial charge is 0.369 e. The summed E-state index contributed by atoms with van der Waals surface area (Å²) in [5.41, 5.74) is 5.62. The van der Waals surface area contributed by atoms with Crippen molar-refractivity contribution in [2.75, 3.05) is 0 Å². The number of carbonyl (C=O) groups excluding carboxylic acids is 1. The van der Waals surface area contributed by atoms with Crippen molar-refractivity contribution in [1.82, 2.24) is 0 Å². The number of sulfone groups is 1. The predicted octanol–water partition coefficient (Wildman–Crippen LogP) is 0.475. The predicted molar refractivity (Wildman–Crippen MR) is 57.7 cm³/mol. The lowest BCUT2D eigenvalue weighted by molar-refractivity contribution is -0.117. The molecule has 0 spiro atoms. The van der Waals surface area contributed by atoms with E-state index in [-0.39, 0.29) is 5.75 Å². The van der Waals surface area contributed by atoms with Gasteiger partial charge >= 0.3 is 0 Å². The van der Waals surface area contributed by atoms with Crippen molar-refractivity contribution in [1.29, 1.82) is 0 Å². The Morgan fingerprint density at radius 2 is 1.87 bits per heavy atom. The van der Waals surface area contributed by atoms with Gasteiger partial charge in [0.1, 0.15) is 5.25 Å². The van der Waals surface area contributed by atoms with Gasteiger partial charge in [-0.2, -0.15) is 0 Å². The van der Waals surface area contributed by atoms with E-state index in [1.54, 1.807) is 30.3 Å². The number of rotatable bonds is 4. The van der Waals surface area contributed by atoms with Crippen LogP contribution in [0.1, 0.15) is 12.5 Å². The second-order valence-electron chi connectivity index (χ2n) is 3.34. The maximum Gasteiger partial charge on any atom is 0.235 e. The Hall–Kier alpha value is -1.36. The second kappa shape index (κ2) is 4.44. The summed E-state index contributed by atoms with van der Waals surface area (Å²) in [6.07, 6.45) is 0. The minimum absolute atomic E-state index is 0.155. The van der Waals surface area contributed by atoms with Crippen molar-refractivity contribution in [2.45, 2.75) is 17.9 Å². The van der Waals surface area contributed by atoms with Gasteiger partial charge in [-0.25, -0.2) is 8.42 Å². The third-order valence-corrected chi connectivity index (χ3v) is 4.20. The highest BCUT2D eigenvalue weighted by atomic mass is 32.2. The number of hydrogen-bond acceptors (Lipinski definition) is 3. The molecule has 0 aliphatic rings. The molecule has 0 aliphatic heterocycles. The molecule has 1 rings (SSSR count). The normalized spacial score (nSPS) is 13.4. The van der Waals surface area contributed by atoms with Crippen molar-refractivity contribution < 1.29 is 13.2 Å². The van der Waals surface area contributed by atoms with Crippen LogP contribution in [0.25, 0.3) is 0 Å². The standard InChI is InChI=1S/C10H13NO3S/c1-8(10(11)12)15(13,14)7-9-5-3-2-4-6-9/h2-6,8H,7H2,1H3,(H2,11,12)/t8-/m1/s1. The smallest absolute Gasteiger partial charge is 0.235 e. The molecule has 0 saturated heterocycles. The quantitative estimate of drug-likeness (QED) is 0.812. The molecule has 82 valence electrons. The van der Waals surface area contributed by atoms with Crippen molar-refractivity contribution in [3.8, 4) is 0 Å². The monoisotopic (exact) mass is 227 g/mol. The van der Waals surface area contributed by atoms with E-state index in [1.165, 1.54) is 6.92 Å². The Balaban J connectivity index is 2.87. The molecular weight excluding hydrogens is 214 g/mol. The molecule has 2 N–H and O–H groups in total. The van der Waals surface area contributed by atoms with Gasteiger partial charge in [0, 0.05) is 0 Å². The maximum absolute atomic E-state index is 11.6. The van der Waals surface area contributed by atoms with Gasteiger partial charge in [-0.05, 0) is 12.5 Å². The highest BCUT2D eigenvalue weighted by Gasteiger charge is 2.25. The van der Waals surface area contributed by atoms with Gasteiger partial charge in [0.05, 0.1) is 5.75 Å². The van der Waals surface area contributed by atoms with Crippen molar-refractivity contribution in [3.05, 3.63) is 35.9 Å². The summed E-state index contributed by atoms with van der Waals surface area (Å²) in [6.45, 7) is 1.31. The number of amides is 1. The van der Waals surface area contributed by atoms with Crippen LogP contribution in [-0.2, 0) is 20.4 Å². The lowest BCUT2D eigenvalue weighted by Crippen LogP contribution is -2.33. The topological polar surface area (TPSA) is 77.2 Å². The van der Waals surface area contributed by atoms with E-state index in [0.717, 1.165) is 0 Å². The second-order valence-corrected chi connectivity index (χ2v) is 5.66. The van der Waals surface area contributed by atoms with Crippen LogP contribution in [0, 0.1) is 0 Å². The van der Waals surface area contributed by atoms with Crippen molar-refractivity contribution in [2.24, 2.45) is 5.73 Å². The SMILES string of the molecule is C[C@H](C(N)=O)S(=O)(=O)Cc1ccccc1. The Kier molecular flexibility index (Phi) is 3.47. The zero-order valence-corrected chi connectivity index (χ0v) is 9.20. The molecule has 0 aliphatic carbocycles. The molecule has 0 saturated carbocycles. The summed E-state index contributed by atoms with van der Waals surface area (Å²) in [5.74, 6) is -0.969. The van der Waals surface area contributed by atoms with E-state index >= 15 is 0 Å². The fourth-order valence-corrected chi connectivity index (χ4v) is 2.37. The molecule has 1 aromatic rings.